The van der Waals surface area contributed by atoms with E-state index >= 15 is 0 Å². The summed E-state index contributed by atoms with van der Waals surface area (Å²) in [6, 6.07) is 15.2. The number of rotatable bonds is 14. The molecule has 0 bridgehead atoms. The Bertz CT molecular complexity index is 1480. The highest BCUT2D eigenvalue weighted by atomic mass is 16.5. The summed E-state index contributed by atoms with van der Waals surface area (Å²) in [6.07, 6.45) is 1.10. The van der Waals surface area contributed by atoms with Gasteiger partial charge in [-0.15, -0.1) is 5.10 Å². The molecule has 0 spiro atoms. The van der Waals surface area contributed by atoms with Gasteiger partial charge in [-0.3, -0.25) is 19.2 Å². The van der Waals surface area contributed by atoms with Gasteiger partial charge in [-0.1, -0.05) is 61.5 Å². The summed E-state index contributed by atoms with van der Waals surface area (Å²) >= 11 is 0. The first-order valence-corrected chi connectivity index (χ1v) is 15.2. The van der Waals surface area contributed by atoms with Gasteiger partial charge >= 0.3 is 0 Å². The van der Waals surface area contributed by atoms with Crippen LogP contribution in [-0.4, -0.2) is 64.3 Å². The Morgan fingerprint density at radius 2 is 1.61 bits per heavy atom. The first-order valence-electron chi connectivity index (χ1n) is 15.2. The molecule has 4 rings (SSSR count). The number of hydrogen-bond acceptors (Lipinski definition) is 7. The number of anilines is 1. The molecule has 11 heteroatoms. The number of carbonyl (C=O) groups excluding carboxylic acids is 4. The molecule has 0 atom stereocenters. The van der Waals surface area contributed by atoms with Crippen molar-refractivity contribution in [2.24, 2.45) is 5.92 Å². The van der Waals surface area contributed by atoms with Crippen LogP contribution in [0.4, 0.5) is 5.69 Å². The lowest BCUT2D eigenvalue weighted by Crippen LogP contribution is -2.34. The maximum Gasteiger partial charge on any atom is 0.242 e. The van der Waals surface area contributed by atoms with Crippen LogP contribution in [0.3, 0.4) is 0 Å². The number of amides is 3. The Hall–Kier alpha value is -4.38. The van der Waals surface area contributed by atoms with Crippen molar-refractivity contribution in [2.45, 2.75) is 72.5 Å². The van der Waals surface area contributed by atoms with Crippen LogP contribution in [0.15, 0.2) is 48.5 Å². The Morgan fingerprint density at radius 1 is 0.886 bits per heavy atom. The third-order valence-corrected chi connectivity index (χ3v) is 7.32. The fourth-order valence-electron chi connectivity index (χ4n) is 5.06. The van der Waals surface area contributed by atoms with Gasteiger partial charge in [-0.25, -0.2) is 4.68 Å². The van der Waals surface area contributed by atoms with E-state index in [0.717, 1.165) is 16.7 Å². The number of hydrogen-bond donors (Lipinski definition) is 2. The minimum Gasteiger partial charge on any atom is -0.381 e. The molecule has 3 aromatic rings. The van der Waals surface area contributed by atoms with Crippen molar-refractivity contribution in [2.75, 3.05) is 24.7 Å². The van der Waals surface area contributed by atoms with E-state index in [0.29, 0.717) is 49.7 Å². The average Bonchev–Trinajstić information content (AvgIpc) is 3.39. The third kappa shape index (κ3) is 8.37. The second-order valence-corrected chi connectivity index (χ2v) is 11.5. The van der Waals surface area contributed by atoms with Crippen molar-refractivity contribution in [3.63, 3.8) is 0 Å². The smallest absolute Gasteiger partial charge is 0.242 e. The summed E-state index contributed by atoms with van der Waals surface area (Å²) in [5.41, 5.74) is 4.40. The molecule has 0 fully saturated rings. The van der Waals surface area contributed by atoms with E-state index < -0.39 is 0 Å². The first-order chi connectivity index (χ1) is 21.2. The number of aromatic nitrogens is 3. The van der Waals surface area contributed by atoms with E-state index in [1.54, 1.807) is 9.58 Å². The van der Waals surface area contributed by atoms with Crippen molar-refractivity contribution in [3.05, 3.63) is 54.1 Å². The summed E-state index contributed by atoms with van der Waals surface area (Å²) in [4.78, 5) is 52.2. The molecule has 1 aliphatic heterocycles. The molecule has 11 nitrogen and oxygen atoms in total. The lowest BCUT2D eigenvalue weighted by atomic mass is 9.95. The molecule has 1 aliphatic rings. The number of nitrogens with zero attached hydrogens (tertiary/aromatic N) is 4. The second-order valence-electron chi connectivity index (χ2n) is 11.5. The van der Waals surface area contributed by atoms with Gasteiger partial charge in [0.25, 0.3) is 0 Å². The fourth-order valence-corrected chi connectivity index (χ4v) is 5.06. The SMILES string of the molecule is CC(C)NC(=O)Cn1nnc2c1-c1ccccc1CN(C(=O)CCC(=O)NCCCOCCC(=O)C(C)C)c1ccccc1-2. The van der Waals surface area contributed by atoms with Crippen molar-refractivity contribution < 1.29 is 23.9 Å². The predicted octanol–water partition coefficient (Wildman–Crippen LogP) is 3.90. The van der Waals surface area contributed by atoms with Gasteiger partial charge in [-0.2, -0.15) is 0 Å². The number of para-hydroxylation sites is 1. The van der Waals surface area contributed by atoms with E-state index in [2.05, 4.69) is 20.9 Å². The summed E-state index contributed by atoms with van der Waals surface area (Å²) in [5, 5.41) is 14.6. The van der Waals surface area contributed by atoms with Crippen molar-refractivity contribution >= 4 is 29.2 Å². The number of benzene rings is 2. The molecule has 0 unspecified atom stereocenters. The van der Waals surface area contributed by atoms with Crippen LogP contribution in [0.5, 0.6) is 0 Å². The first kappa shape index (κ1) is 32.5. The van der Waals surface area contributed by atoms with Crippen LogP contribution in [0.2, 0.25) is 0 Å². The Kier molecular flexibility index (Phi) is 11.4. The van der Waals surface area contributed by atoms with Crippen molar-refractivity contribution in [3.8, 4) is 22.5 Å². The molecule has 2 aromatic carbocycles. The van der Waals surface area contributed by atoms with Crippen LogP contribution in [-0.2, 0) is 37.0 Å². The molecule has 234 valence electrons. The highest BCUT2D eigenvalue weighted by molar-refractivity contribution is 6.01. The van der Waals surface area contributed by atoms with E-state index in [1.807, 2.05) is 76.2 Å². The van der Waals surface area contributed by atoms with Crippen molar-refractivity contribution in [1.29, 1.82) is 0 Å². The average molecular weight is 603 g/mol. The second kappa shape index (κ2) is 15.4. The number of fused-ring (bicyclic) bond motifs is 5. The van der Waals surface area contributed by atoms with Gasteiger partial charge in [0.1, 0.15) is 18.0 Å². The van der Waals surface area contributed by atoms with Gasteiger partial charge in [0.05, 0.1) is 24.5 Å². The number of Topliss-reactive ketones (excluding diaryl/α,β-unsaturated/α-hetero) is 1. The Morgan fingerprint density at radius 3 is 2.36 bits per heavy atom. The molecular weight excluding hydrogens is 560 g/mol. The fraction of sp³-hybridized carbons (Fsp3) is 0.455. The zero-order valence-electron chi connectivity index (χ0n) is 26.0. The highest BCUT2D eigenvalue weighted by Crippen LogP contribution is 2.41. The molecule has 44 heavy (non-hydrogen) atoms. The van der Waals surface area contributed by atoms with E-state index in [4.69, 9.17) is 4.74 Å². The van der Waals surface area contributed by atoms with Crippen molar-refractivity contribution in [1.82, 2.24) is 25.6 Å². The van der Waals surface area contributed by atoms with E-state index in [1.165, 1.54) is 0 Å². The maximum absolute atomic E-state index is 13.7. The molecule has 3 amide bonds. The quantitative estimate of drug-likeness (QED) is 0.267. The predicted molar refractivity (Wildman–Crippen MR) is 168 cm³/mol. The van der Waals surface area contributed by atoms with Gasteiger partial charge in [-0.05, 0) is 31.9 Å². The minimum atomic E-state index is -0.209. The normalized spacial score (nSPS) is 12.2. The maximum atomic E-state index is 13.7. The van der Waals surface area contributed by atoms with Crippen LogP contribution in [0.1, 0.15) is 58.9 Å². The molecule has 0 saturated carbocycles. The molecule has 1 aromatic heterocycles. The molecule has 0 saturated heterocycles. The number of carbonyl (C=O) groups is 4. The number of nitrogens with one attached hydrogen (secondary N) is 2. The number of ketones is 1. The summed E-state index contributed by atoms with van der Waals surface area (Å²) in [5.74, 6) is -0.384. The van der Waals surface area contributed by atoms with Gasteiger partial charge in [0, 0.05) is 55.5 Å². The third-order valence-electron chi connectivity index (χ3n) is 7.32. The summed E-state index contributed by atoms with van der Waals surface area (Å²) < 4.78 is 7.11. The topological polar surface area (TPSA) is 136 Å². The lowest BCUT2D eigenvalue weighted by molar-refractivity contribution is -0.125. The molecular formula is C33H42N6O5. The monoisotopic (exact) mass is 602 g/mol. The van der Waals surface area contributed by atoms with Crippen LogP contribution in [0, 0.1) is 5.92 Å². The van der Waals surface area contributed by atoms with Crippen LogP contribution in [0.25, 0.3) is 22.5 Å². The standard InChI is InChI=1S/C33H42N6O5/c1-22(2)28(40)16-19-44-18-9-17-34-29(41)14-15-31(43)38-20-24-10-5-6-11-25(24)33-32(26-12-7-8-13-27(26)38)36-37-39(33)21-30(42)35-23(3)4/h5-8,10-13,22-23H,9,14-21H2,1-4H3,(H,34,41)(H,35,42). The highest BCUT2D eigenvalue weighted by Gasteiger charge is 2.29. The zero-order valence-corrected chi connectivity index (χ0v) is 26.0. The van der Waals surface area contributed by atoms with Gasteiger partial charge in [0.2, 0.25) is 17.7 Å². The number of ether oxygens (including phenoxy) is 1. The Labute approximate surface area is 258 Å². The van der Waals surface area contributed by atoms with Crippen LogP contribution >= 0.6 is 0 Å². The zero-order chi connectivity index (χ0) is 31.6. The molecule has 2 N–H and O–H groups in total. The lowest BCUT2D eigenvalue weighted by Gasteiger charge is -2.28. The van der Waals surface area contributed by atoms with Gasteiger partial charge < -0.3 is 20.3 Å². The molecule has 0 radical (unpaired) electrons. The van der Waals surface area contributed by atoms with Crippen LogP contribution < -0.4 is 15.5 Å². The Balaban J connectivity index is 1.44. The summed E-state index contributed by atoms with van der Waals surface area (Å²) in [7, 11) is 0. The van der Waals surface area contributed by atoms with E-state index in [-0.39, 0.29) is 61.4 Å². The van der Waals surface area contributed by atoms with Gasteiger partial charge in [0.15, 0.2) is 0 Å². The minimum absolute atomic E-state index is 0.00449. The molecule has 0 aliphatic carbocycles. The largest absolute Gasteiger partial charge is 0.381 e. The summed E-state index contributed by atoms with van der Waals surface area (Å²) in [6.45, 7) is 9.10. The van der Waals surface area contributed by atoms with E-state index in [9.17, 15) is 19.2 Å². The molecule has 2 heterocycles.